The molecule has 0 amide bonds. The molecule has 9 atom stereocenters. The molecule has 0 aromatic heterocycles. The predicted molar refractivity (Wildman–Crippen MR) is 242 cm³/mol. The molecule has 2 fully saturated rings. The first-order valence-corrected chi connectivity index (χ1v) is 22.1. The average molecular weight is 881 g/mol. The van der Waals surface area contributed by atoms with Crippen LogP contribution in [-0.4, -0.2) is 73.0 Å². The van der Waals surface area contributed by atoms with Crippen molar-refractivity contribution in [2.24, 2.45) is 0 Å². The molecule has 1 N–H and O–H groups in total. The van der Waals surface area contributed by atoms with Crippen LogP contribution in [0.3, 0.4) is 0 Å². The van der Waals surface area contributed by atoms with Crippen molar-refractivity contribution >= 4 is 5.97 Å². The topological polar surface area (TPSA) is 120 Å². The van der Waals surface area contributed by atoms with E-state index in [-0.39, 0.29) is 46.1 Å². The minimum atomic E-state index is -1.15. The van der Waals surface area contributed by atoms with Gasteiger partial charge in [0.1, 0.15) is 42.7 Å². The minimum absolute atomic E-state index is 0.112. The summed E-state index contributed by atoms with van der Waals surface area (Å²) in [5.41, 5.74) is 5.68. The molecule has 0 radical (unpaired) electrons. The second kappa shape index (κ2) is 24.1. The van der Waals surface area contributed by atoms with E-state index in [0.29, 0.717) is 6.61 Å². The molecule has 0 spiro atoms. The summed E-state index contributed by atoms with van der Waals surface area (Å²) < 4.78 is 60.7. The number of ether oxygens (including phenoxy) is 9. The van der Waals surface area contributed by atoms with Crippen molar-refractivity contribution in [2.75, 3.05) is 6.61 Å². The molecule has 0 saturated carbocycles. The van der Waals surface area contributed by atoms with Gasteiger partial charge in [0.2, 0.25) is 0 Å². The van der Waals surface area contributed by atoms with Crippen LogP contribution in [0.4, 0.5) is 0 Å². The zero-order valence-electron chi connectivity index (χ0n) is 36.2. The van der Waals surface area contributed by atoms with Crippen LogP contribution in [0, 0.1) is 0 Å². The standard InChI is InChI=1S/C54H56O11/c55-47(56)31-45-49(51(60-35-42-25-13-4-14-26-42)53(63-45)62-37-44-29-17-6-18-30-44)65-54-52(61-36-43-27-15-5-16-28-43)50(59-34-41-23-11-3-12-24-41)48(58-33-40-21-9-2-10-22-40)46(64-54)38-57-32-39-19-7-1-8-20-39/h1-30,45-46,48-54H,31-38H2,(H,55,56)/t45-,46-,48+,49+,50+,51-,52-,53-,54-/m1/s1. The summed E-state index contributed by atoms with van der Waals surface area (Å²) in [6.45, 7) is 1.51. The summed E-state index contributed by atoms with van der Waals surface area (Å²) in [4.78, 5) is 12.6. The Balaban J connectivity index is 1.15. The van der Waals surface area contributed by atoms with Gasteiger partial charge in [-0.05, 0) is 33.4 Å². The zero-order valence-corrected chi connectivity index (χ0v) is 36.2. The summed E-state index contributed by atoms with van der Waals surface area (Å²) in [5, 5.41) is 10.3. The lowest BCUT2D eigenvalue weighted by atomic mass is 9.97. The van der Waals surface area contributed by atoms with E-state index in [1.807, 2.05) is 182 Å². The third-order valence-electron chi connectivity index (χ3n) is 11.3. The number of benzene rings is 6. The molecule has 0 bridgehead atoms. The van der Waals surface area contributed by atoms with Gasteiger partial charge in [0.15, 0.2) is 12.6 Å². The molecule has 2 saturated heterocycles. The monoisotopic (exact) mass is 880 g/mol. The summed E-state index contributed by atoms with van der Waals surface area (Å²) in [7, 11) is 0. The van der Waals surface area contributed by atoms with Gasteiger partial charge in [0.25, 0.3) is 0 Å². The van der Waals surface area contributed by atoms with E-state index in [0.717, 1.165) is 33.4 Å². The molecule has 2 aliphatic rings. The fraction of sp³-hybridized carbons (Fsp3) is 0.315. The highest BCUT2D eigenvalue weighted by Gasteiger charge is 2.54. The first kappa shape index (κ1) is 46.0. The molecule has 2 heterocycles. The number of rotatable bonds is 23. The Morgan fingerprint density at radius 2 is 0.723 bits per heavy atom. The molecule has 6 aromatic carbocycles. The Morgan fingerprint density at radius 1 is 0.385 bits per heavy atom. The third kappa shape index (κ3) is 13.5. The van der Waals surface area contributed by atoms with Gasteiger partial charge < -0.3 is 47.7 Å². The van der Waals surface area contributed by atoms with Crippen LogP contribution in [-0.2, 0) is 87.1 Å². The van der Waals surface area contributed by atoms with Gasteiger partial charge in [-0.15, -0.1) is 0 Å². The van der Waals surface area contributed by atoms with E-state index in [4.69, 9.17) is 42.6 Å². The lowest BCUT2D eigenvalue weighted by molar-refractivity contribution is -0.342. The molecule has 338 valence electrons. The molecule has 8 rings (SSSR count). The lowest BCUT2D eigenvalue weighted by Crippen LogP contribution is -2.63. The molecule has 0 aliphatic carbocycles. The smallest absolute Gasteiger partial charge is 0.306 e. The van der Waals surface area contributed by atoms with E-state index in [2.05, 4.69) is 0 Å². The SMILES string of the molecule is O=C(O)C[C@H]1O[C@@H](OCc2ccccc2)[C@H](OCc2ccccc2)[C@H]1O[C@H]1O[C@H](COCc2ccccc2)[C@H](OCc2ccccc2)[C@H](OCc2ccccc2)[C@H]1OCc1ccccc1. The Labute approximate surface area is 380 Å². The van der Waals surface area contributed by atoms with Gasteiger partial charge in [0.05, 0.1) is 52.7 Å². The van der Waals surface area contributed by atoms with Crippen molar-refractivity contribution in [3.8, 4) is 0 Å². The lowest BCUT2D eigenvalue weighted by Gasteiger charge is -2.47. The van der Waals surface area contributed by atoms with Gasteiger partial charge in [-0.2, -0.15) is 0 Å². The Morgan fingerprint density at radius 3 is 1.14 bits per heavy atom. The fourth-order valence-electron chi connectivity index (χ4n) is 8.03. The van der Waals surface area contributed by atoms with Gasteiger partial charge in [-0.25, -0.2) is 0 Å². The number of hydrogen-bond donors (Lipinski definition) is 1. The van der Waals surface area contributed by atoms with Crippen molar-refractivity contribution in [1.29, 1.82) is 0 Å². The number of carbonyl (C=O) groups is 1. The largest absolute Gasteiger partial charge is 0.481 e. The quantitative estimate of drug-likeness (QED) is 0.0664. The van der Waals surface area contributed by atoms with Crippen molar-refractivity contribution in [2.45, 2.75) is 101 Å². The van der Waals surface area contributed by atoms with Crippen LogP contribution >= 0.6 is 0 Å². The van der Waals surface area contributed by atoms with Crippen LogP contribution in [0.2, 0.25) is 0 Å². The molecule has 11 heteroatoms. The van der Waals surface area contributed by atoms with Crippen LogP contribution < -0.4 is 0 Å². The van der Waals surface area contributed by atoms with E-state index >= 15 is 0 Å². The van der Waals surface area contributed by atoms with Crippen molar-refractivity contribution < 1.29 is 52.5 Å². The van der Waals surface area contributed by atoms with E-state index in [1.165, 1.54) is 0 Å². The zero-order chi connectivity index (χ0) is 44.5. The highest BCUT2D eigenvalue weighted by Crippen LogP contribution is 2.37. The van der Waals surface area contributed by atoms with Crippen molar-refractivity contribution in [3.63, 3.8) is 0 Å². The molecule has 11 nitrogen and oxygen atoms in total. The highest BCUT2D eigenvalue weighted by atomic mass is 16.8. The molecule has 65 heavy (non-hydrogen) atoms. The molecule has 2 aliphatic heterocycles. The first-order valence-electron chi connectivity index (χ1n) is 22.1. The third-order valence-corrected chi connectivity index (χ3v) is 11.3. The van der Waals surface area contributed by atoms with E-state index < -0.39 is 61.3 Å². The summed E-state index contributed by atoms with van der Waals surface area (Å²) in [6.07, 6.45) is -8.53. The van der Waals surface area contributed by atoms with Crippen molar-refractivity contribution in [1.82, 2.24) is 0 Å². The van der Waals surface area contributed by atoms with Gasteiger partial charge >= 0.3 is 5.97 Å². The average Bonchev–Trinajstić information content (AvgIpc) is 3.66. The Bertz CT molecular complexity index is 2250. The number of carboxylic acids is 1. The fourth-order valence-corrected chi connectivity index (χ4v) is 8.03. The summed E-state index contributed by atoms with van der Waals surface area (Å²) >= 11 is 0. The molecule has 6 aromatic rings. The van der Waals surface area contributed by atoms with E-state index in [9.17, 15) is 9.90 Å². The number of hydrogen-bond acceptors (Lipinski definition) is 10. The molecule has 0 unspecified atom stereocenters. The van der Waals surface area contributed by atoms with Crippen LogP contribution in [0.1, 0.15) is 39.8 Å². The highest BCUT2D eigenvalue weighted by molar-refractivity contribution is 5.67. The minimum Gasteiger partial charge on any atom is -0.481 e. The normalized spacial score (nSPS) is 24.2. The Hall–Kier alpha value is -5.57. The predicted octanol–water partition coefficient (Wildman–Crippen LogP) is 9.07. The molecular weight excluding hydrogens is 825 g/mol. The number of aliphatic carboxylic acids is 1. The van der Waals surface area contributed by atoms with Gasteiger partial charge in [-0.1, -0.05) is 182 Å². The van der Waals surface area contributed by atoms with Crippen LogP contribution in [0.25, 0.3) is 0 Å². The molecular formula is C54H56O11. The first-order chi connectivity index (χ1) is 32.1. The summed E-state index contributed by atoms with van der Waals surface area (Å²) in [6, 6.07) is 59.0. The summed E-state index contributed by atoms with van der Waals surface area (Å²) in [5.74, 6) is -1.07. The Kier molecular flexibility index (Phi) is 17.0. The van der Waals surface area contributed by atoms with Crippen LogP contribution in [0.5, 0.6) is 0 Å². The maximum Gasteiger partial charge on any atom is 0.306 e. The van der Waals surface area contributed by atoms with Gasteiger partial charge in [0, 0.05) is 0 Å². The maximum atomic E-state index is 12.6. The second-order valence-corrected chi connectivity index (χ2v) is 16.1. The van der Waals surface area contributed by atoms with Crippen molar-refractivity contribution in [3.05, 3.63) is 215 Å². The van der Waals surface area contributed by atoms with Gasteiger partial charge in [-0.3, -0.25) is 4.79 Å². The van der Waals surface area contributed by atoms with Crippen LogP contribution in [0.15, 0.2) is 182 Å². The second-order valence-electron chi connectivity index (χ2n) is 16.1. The van der Waals surface area contributed by atoms with E-state index in [1.54, 1.807) is 0 Å². The number of carboxylic acid groups (broad SMARTS) is 1. The maximum absolute atomic E-state index is 12.6.